The number of carbonyl (C=O) groups is 1. The van der Waals surface area contributed by atoms with Gasteiger partial charge in [-0.2, -0.15) is 4.79 Å². The van der Waals surface area contributed by atoms with Gasteiger partial charge in [0.25, 0.3) is 5.91 Å². The minimum atomic E-state index is -0.335. The van der Waals surface area contributed by atoms with Crippen LogP contribution in [0.3, 0.4) is 0 Å². The largest absolute Gasteiger partial charge is 0.348 e. The molecule has 1 amide bonds. The Kier molecular flexibility index (Phi) is 3.34. The Balaban J connectivity index is 1.78. The number of carbonyl (C=O) groups excluding carboxylic acids is 1. The summed E-state index contributed by atoms with van der Waals surface area (Å²) in [5, 5.41) is 8.29. The molecule has 2 aromatic heterocycles. The summed E-state index contributed by atoms with van der Waals surface area (Å²) in [6.07, 6.45) is 5.31. The van der Waals surface area contributed by atoms with Crippen molar-refractivity contribution in [3.05, 3.63) is 22.4 Å². The van der Waals surface area contributed by atoms with Crippen LogP contribution in [0.4, 0.5) is 5.13 Å². The monoisotopic (exact) mass is 298 g/mol. The molecule has 0 aromatic carbocycles. The molecule has 0 atom stereocenters. The first-order valence-corrected chi connectivity index (χ1v) is 7.02. The molecule has 19 heavy (non-hydrogen) atoms. The van der Waals surface area contributed by atoms with Crippen LogP contribution in [0.5, 0.6) is 0 Å². The minimum Gasteiger partial charge on any atom is -0.348 e. The van der Waals surface area contributed by atoms with Crippen LogP contribution < -0.4 is 10.3 Å². The van der Waals surface area contributed by atoms with Gasteiger partial charge in [0.2, 0.25) is 0 Å². The van der Waals surface area contributed by atoms with Crippen molar-refractivity contribution in [2.75, 3.05) is 23.4 Å². The number of hydrogen-bond donors (Lipinski definition) is 1. The molecular formula is C10H11ClN6OS. The van der Waals surface area contributed by atoms with Crippen LogP contribution in [-0.4, -0.2) is 39.1 Å². The average molecular weight is 299 g/mol. The highest BCUT2D eigenvalue weighted by Gasteiger charge is 2.22. The Morgan fingerprint density at radius 1 is 1.42 bits per heavy atom. The van der Waals surface area contributed by atoms with E-state index >= 15 is 0 Å². The molecule has 0 radical (unpaired) electrons. The smallest absolute Gasteiger partial charge is 0.284 e. The SMILES string of the molecule is O=C(Nn1ccnn1)c1sc(N2CCCC2)nc1Cl. The van der Waals surface area contributed by atoms with Gasteiger partial charge in [0.05, 0.1) is 12.4 Å². The lowest BCUT2D eigenvalue weighted by Crippen LogP contribution is -2.22. The molecule has 1 saturated heterocycles. The van der Waals surface area contributed by atoms with E-state index in [0.717, 1.165) is 31.1 Å². The van der Waals surface area contributed by atoms with Gasteiger partial charge in [0.15, 0.2) is 10.3 Å². The van der Waals surface area contributed by atoms with Crippen molar-refractivity contribution in [1.82, 2.24) is 20.1 Å². The van der Waals surface area contributed by atoms with Gasteiger partial charge in [-0.3, -0.25) is 4.79 Å². The van der Waals surface area contributed by atoms with Crippen LogP contribution in [0, 0.1) is 0 Å². The Hall–Kier alpha value is -1.67. The number of aromatic nitrogens is 4. The van der Waals surface area contributed by atoms with Crippen LogP contribution in [0.15, 0.2) is 12.4 Å². The Morgan fingerprint density at radius 3 is 2.89 bits per heavy atom. The van der Waals surface area contributed by atoms with E-state index in [4.69, 9.17) is 11.6 Å². The highest BCUT2D eigenvalue weighted by Crippen LogP contribution is 2.31. The lowest BCUT2D eigenvalue weighted by Gasteiger charge is -2.11. The highest BCUT2D eigenvalue weighted by molar-refractivity contribution is 7.18. The second-order valence-electron chi connectivity index (χ2n) is 4.10. The molecule has 3 rings (SSSR count). The molecular weight excluding hydrogens is 288 g/mol. The van der Waals surface area contributed by atoms with Crippen LogP contribution in [0.2, 0.25) is 5.15 Å². The maximum absolute atomic E-state index is 12.0. The molecule has 2 aromatic rings. The Bertz CT molecular complexity index is 577. The highest BCUT2D eigenvalue weighted by atomic mass is 35.5. The maximum atomic E-state index is 12.0. The fraction of sp³-hybridized carbons (Fsp3) is 0.400. The molecule has 100 valence electrons. The Morgan fingerprint density at radius 2 is 2.21 bits per heavy atom. The summed E-state index contributed by atoms with van der Waals surface area (Å²) < 4.78 is 0. The van der Waals surface area contributed by atoms with E-state index in [2.05, 4.69) is 25.6 Å². The van der Waals surface area contributed by atoms with E-state index in [0.29, 0.717) is 4.88 Å². The van der Waals surface area contributed by atoms with Crippen LogP contribution in [0.1, 0.15) is 22.5 Å². The normalized spacial score (nSPS) is 14.9. The molecule has 0 spiro atoms. The van der Waals surface area contributed by atoms with Gasteiger partial charge in [-0.15, -0.1) is 5.10 Å². The van der Waals surface area contributed by atoms with Crippen molar-refractivity contribution < 1.29 is 4.79 Å². The fourth-order valence-corrected chi connectivity index (χ4v) is 3.13. The second-order valence-corrected chi connectivity index (χ2v) is 5.43. The third-order valence-corrected chi connectivity index (χ3v) is 4.30. The first-order chi connectivity index (χ1) is 9.24. The molecule has 1 aliphatic rings. The number of halogens is 1. The van der Waals surface area contributed by atoms with Crippen LogP contribution >= 0.6 is 22.9 Å². The standard InChI is InChI=1S/C10H11ClN6OS/c11-8-7(9(18)14-17-6-3-12-15-17)19-10(13-8)16-4-1-2-5-16/h3,6H,1-2,4-5H2,(H,14,18). The van der Waals surface area contributed by atoms with Crippen molar-refractivity contribution in [2.45, 2.75) is 12.8 Å². The van der Waals surface area contributed by atoms with Gasteiger partial charge in [-0.25, -0.2) is 10.4 Å². The molecule has 7 nitrogen and oxygen atoms in total. The van der Waals surface area contributed by atoms with Gasteiger partial charge >= 0.3 is 0 Å². The molecule has 1 fully saturated rings. The van der Waals surface area contributed by atoms with E-state index in [-0.39, 0.29) is 11.1 Å². The quantitative estimate of drug-likeness (QED) is 0.926. The van der Waals surface area contributed by atoms with E-state index < -0.39 is 0 Å². The van der Waals surface area contributed by atoms with Crippen molar-refractivity contribution in [3.8, 4) is 0 Å². The molecule has 1 aliphatic heterocycles. The number of thiazole rings is 1. The fourth-order valence-electron chi connectivity index (χ4n) is 1.90. The third-order valence-electron chi connectivity index (χ3n) is 2.80. The Labute approximate surface area is 118 Å². The molecule has 9 heteroatoms. The number of rotatable bonds is 3. The minimum absolute atomic E-state index is 0.226. The first kappa shape index (κ1) is 12.4. The molecule has 0 bridgehead atoms. The summed E-state index contributed by atoms with van der Waals surface area (Å²) in [7, 11) is 0. The van der Waals surface area contributed by atoms with Gasteiger partial charge in [0, 0.05) is 13.1 Å². The number of anilines is 1. The summed E-state index contributed by atoms with van der Waals surface area (Å²) in [6.45, 7) is 1.93. The van der Waals surface area contributed by atoms with E-state index in [9.17, 15) is 4.79 Å². The lowest BCUT2D eigenvalue weighted by molar-refractivity contribution is 0.101. The van der Waals surface area contributed by atoms with Gasteiger partial charge in [0.1, 0.15) is 4.88 Å². The van der Waals surface area contributed by atoms with E-state index in [1.165, 1.54) is 28.5 Å². The van der Waals surface area contributed by atoms with Gasteiger partial charge in [-0.05, 0) is 18.1 Å². The zero-order chi connectivity index (χ0) is 13.2. The summed E-state index contributed by atoms with van der Waals surface area (Å²) in [6, 6.07) is 0. The zero-order valence-electron chi connectivity index (χ0n) is 9.91. The summed E-state index contributed by atoms with van der Waals surface area (Å²) in [4.78, 5) is 20.0. The van der Waals surface area contributed by atoms with E-state index in [1.54, 1.807) is 0 Å². The van der Waals surface area contributed by atoms with Crippen molar-refractivity contribution in [1.29, 1.82) is 0 Å². The first-order valence-electron chi connectivity index (χ1n) is 5.83. The number of amides is 1. The molecule has 0 aliphatic carbocycles. The lowest BCUT2D eigenvalue weighted by atomic mass is 10.4. The van der Waals surface area contributed by atoms with Gasteiger partial charge < -0.3 is 4.90 Å². The number of hydrogen-bond acceptors (Lipinski definition) is 6. The molecule has 0 unspecified atom stereocenters. The third kappa shape index (κ3) is 2.54. The summed E-state index contributed by atoms with van der Waals surface area (Å²) >= 11 is 7.32. The number of nitrogens with zero attached hydrogens (tertiary/aromatic N) is 5. The zero-order valence-corrected chi connectivity index (χ0v) is 11.5. The predicted molar refractivity (Wildman–Crippen MR) is 72.3 cm³/mol. The van der Waals surface area contributed by atoms with Crippen LogP contribution in [0.25, 0.3) is 0 Å². The predicted octanol–water partition coefficient (Wildman–Crippen LogP) is 1.37. The number of nitrogens with one attached hydrogen (secondary N) is 1. The van der Waals surface area contributed by atoms with Crippen molar-refractivity contribution in [3.63, 3.8) is 0 Å². The summed E-state index contributed by atoms with van der Waals surface area (Å²) in [5.74, 6) is -0.335. The molecule has 0 saturated carbocycles. The van der Waals surface area contributed by atoms with E-state index in [1.807, 2.05) is 0 Å². The topological polar surface area (TPSA) is 75.9 Å². The molecule has 1 N–H and O–H groups in total. The maximum Gasteiger partial charge on any atom is 0.284 e. The van der Waals surface area contributed by atoms with Crippen molar-refractivity contribution >= 4 is 34.0 Å². The average Bonchev–Trinajstić information content (AvgIpc) is 3.07. The summed E-state index contributed by atoms with van der Waals surface area (Å²) in [5.41, 5.74) is 2.55. The van der Waals surface area contributed by atoms with Crippen LogP contribution in [-0.2, 0) is 0 Å². The van der Waals surface area contributed by atoms with Gasteiger partial charge in [-0.1, -0.05) is 22.9 Å². The second kappa shape index (κ2) is 5.14. The van der Waals surface area contributed by atoms with Crippen molar-refractivity contribution in [2.24, 2.45) is 0 Å². The molecule has 3 heterocycles.